The van der Waals surface area contributed by atoms with Gasteiger partial charge in [-0.25, -0.2) is 0 Å². The van der Waals surface area contributed by atoms with E-state index in [2.05, 4.69) is 16.6 Å². The topological polar surface area (TPSA) is 12.5 Å². The first-order valence-electron chi connectivity index (χ1n) is 3.47. The molecule has 1 fully saturated rings. The molecule has 1 rings (SSSR count). The second-order valence-electron chi connectivity index (χ2n) is 2.20. The highest BCUT2D eigenvalue weighted by Crippen LogP contribution is 2.02. The van der Waals surface area contributed by atoms with Crippen LogP contribution in [-0.2, 0) is 4.74 Å². The minimum Gasteiger partial charge on any atom is -0.388 e. The number of hydrogen-bond acceptors (Lipinski definition) is 2. The summed E-state index contributed by atoms with van der Waals surface area (Å²) in [6, 6.07) is 0. The van der Waals surface area contributed by atoms with Gasteiger partial charge in [-0.05, 0) is 26.1 Å². The number of ether oxygens (including phenoxy) is 1. The first-order valence-corrected chi connectivity index (χ1v) is 3.47. The summed E-state index contributed by atoms with van der Waals surface area (Å²) >= 11 is 0. The molecule has 2 nitrogen and oxygen atoms in total. The number of nitrogens with zero attached hydrogens (tertiary/aromatic N) is 1. The van der Waals surface area contributed by atoms with Crippen LogP contribution in [0.1, 0.15) is 13.3 Å². The van der Waals surface area contributed by atoms with E-state index in [0.29, 0.717) is 0 Å². The van der Waals surface area contributed by atoms with Crippen molar-refractivity contribution in [2.45, 2.75) is 13.3 Å². The van der Waals surface area contributed by atoms with Crippen LogP contribution in [0.4, 0.5) is 0 Å². The fraction of sp³-hybridized carbons (Fsp3) is 1.00. The summed E-state index contributed by atoms with van der Waals surface area (Å²) in [5, 5.41) is 0. The zero-order valence-electron chi connectivity index (χ0n) is 6.68. The number of hydrogen-bond donors (Lipinski definition) is 0. The van der Waals surface area contributed by atoms with Crippen LogP contribution in [-0.4, -0.2) is 38.8 Å². The van der Waals surface area contributed by atoms with E-state index in [1.165, 1.54) is 26.1 Å². The van der Waals surface area contributed by atoms with E-state index in [9.17, 15) is 0 Å². The maximum Gasteiger partial charge on any atom is 0.0351 e. The lowest BCUT2D eigenvalue weighted by molar-refractivity contribution is 0.192. The lowest BCUT2D eigenvalue weighted by atomic mass is 10.2. The van der Waals surface area contributed by atoms with Crippen LogP contribution in [0.15, 0.2) is 0 Å². The highest BCUT2D eigenvalue weighted by atomic mass is 16.4. The van der Waals surface area contributed by atoms with Crippen molar-refractivity contribution >= 4 is 0 Å². The van der Waals surface area contributed by atoms with Crippen molar-refractivity contribution in [3.8, 4) is 0 Å². The molecule has 0 aromatic heterocycles. The maximum absolute atomic E-state index is 4.25. The molecular weight excluding hydrogens is 114 g/mol. The minimum absolute atomic E-state index is 1.25. The summed E-state index contributed by atoms with van der Waals surface area (Å²) in [6.45, 7) is 6.14. The smallest absolute Gasteiger partial charge is 0.0351 e. The Morgan fingerprint density at radius 3 is 1.78 bits per heavy atom. The highest BCUT2D eigenvalue weighted by Gasteiger charge is 2.08. The van der Waals surface area contributed by atoms with Crippen molar-refractivity contribution in [2.75, 3.05) is 33.9 Å². The SMILES string of the molecule is CCN1CCC1.COC. The fourth-order valence-corrected chi connectivity index (χ4v) is 0.698. The average Bonchev–Trinajstić information content (AvgIpc) is 1.64. The lowest BCUT2D eigenvalue weighted by Crippen LogP contribution is -2.36. The average molecular weight is 131 g/mol. The normalized spacial score (nSPS) is 17.7. The van der Waals surface area contributed by atoms with E-state index >= 15 is 0 Å². The third-order valence-electron chi connectivity index (χ3n) is 1.40. The third-order valence-corrected chi connectivity index (χ3v) is 1.40. The standard InChI is InChI=1S/C5H11N.C2H6O/c1-2-6-4-3-5-6;1-3-2/h2-5H2,1H3;1-2H3. The molecule has 9 heavy (non-hydrogen) atoms. The molecule has 0 radical (unpaired) electrons. The van der Waals surface area contributed by atoms with Crippen LogP contribution >= 0.6 is 0 Å². The van der Waals surface area contributed by atoms with Gasteiger partial charge in [-0.1, -0.05) is 6.92 Å². The van der Waals surface area contributed by atoms with Gasteiger partial charge in [0.15, 0.2) is 0 Å². The van der Waals surface area contributed by atoms with Crippen molar-refractivity contribution in [1.29, 1.82) is 0 Å². The molecule has 0 aromatic carbocycles. The zero-order chi connectivity index (χ0) is 7.11. The molecule has 1 heterocycles. The summed E-state index contributed by atoms with van der Waals surface area (Å²) in [7, 11) is 3.25. The predicted octanol–water partition coefficient (Wildman–Crippen LogP) is 0.975. The molecule has 0 atom stereocenters. The molecule has 0 unspecified atom stereocenters. The zero-order valence-corrected chi connectivity index (χ0v) is 6.68. The van der Waals surface area contributed by atoms with Crippen LogP contribution in [0.5, 0.6) is 0 Å². The molecule has 0 saturated carbocycles. The van der Waals surface area contributed by atoms with Crippen molar-refractivity contribution in [1.82, 2.24) is 4.90 Å². The summed E-state index contributed by atoms with van der Waals surface area (Å²) in [5.41, 5.74) is 0. The van der Waals surface area contributed by atoms with Crippen LogP contribution in [0.25, 0.3) is 0 Å². The van der Waals surface area contributed by atoms with Crippen molar-refractivity contribution in [2.24, 2.45) is 0 Å². The van der Waals surface area contributed by atoms with Gasteiger partial charge >= 0.3 is 0 Å². The summed E-state index contributed by atoms with van der Waals surface area (Å²) in [6.07, 6.45) is 1.42. The first-order chi connectivity index (χ1) is 4.35. The van der Waals surface area contributed by atoms with Crippen LogP contribution in [0.3, 0.4) is 0 Å². The molecule has 2 heteroatoms. The molecule has 1 aliphatic rings. The molecular formula is C7H17NO. The van der Waals surface area contributed by atoms with Gasteiger partial charge in [0.05, 0.1) is 0 Å². The van der Waals surface area contributed by atoms with E-state index in [1.807, 2.05) is 0 Å². The van der Waals surface area contributed by atoms with Crippen molar-refractivity contribution in [3.05, 3.63) is 0 Å². The fourth-order valence-electron chi connectivity index (χ4n) is 0.698. The van der Waals surface area contributed by atoms with Crippen LogP contribution in [0, 0.1) is 0 Å². The van der Waals surface area contributed by atoms with Crippen molar-refractivity contribution in [3.63, 3.8) is 0 Å². The number of methoxy groups -OCH3 is 1. The Morgan fingerprint density at radius 2 is 1.78 bits per heavy atom. The van der Waals surface area contributed by atoms with Gasteiger partial charge in [-0.2, -0.15) is 0 Å². The first kappa shape index (κ1) is 8.92. The Hall–Kier alpha value is -0.0800. The predicted molar refractivity (Wildman–Crippen MR) is 39.7 cm³/mol. The quantitative estimate of drug-likeness (QED) is 0.526. The van der Waals surface area contributed by atoms with E-state index in [0.717, 1.165) is 0 Å². The van der Waals surface area contributed by atoms with E-state index in [-0.39, 0.29) is 0 Å². The van der Waals surface area contributed by atoms with Gasteiger partial charge in [-0.3, -0.25) is 0 Å². The Morgan fingerprint density at radius 1 is 1.33 bits per heavy atom. The lowest BCUT2D eigenvalue weighted by Gasteiger charge is -2.28. The molecule has 0 aromatic rings. The van der Waals surface area contributed by atoms with E-state index < -0.39 is 0 Å². The van der Waals surface area contributed by atoms with Gasteiger partial charge in [0.2, 0.25) is 0 Å². The Labute approximate surface area is 57.8 Å². The molecule has 0 bridgehead atoms. The number of likely N-dealkylation sites (tertiary alicyclic amines) is 1. The summed E-state index contributed by atoms with van der Waals surface area (Å²) in [5.74, 6) is 0. The van der Waals surface area contributed by atoms with E-state index in [4.69, 9.17) is 0 Å². The molecule has 0 amide bonds. The van der Waals surface area contributed by atoms with E-state index in [1.54, 1.807) is 14.2 Å². The monoisotopic (exact) mass is 131 g/mol. The Kier molecular flexibility index (Phi) is 5.99. The van der Waals surface area contributed by atoms with Crippen LogP contribution < -0.4 is 0 Å². The van der Waals surface area contributed by atoms with Crippen LogP contribution in [0.2, 0.25) is 0 Å². The summed E-state index contributed by atoms with van der Waals surface area (Å²) < 4.78 is 4.25. The second-order valence-corrected chi connectivity index (χ2v) is 2.20. The highest BCUT2D eigenvalue weighted by molar-refractivity contribution is 4.64. The van der Waals surface area contributed by atoms with Gasteiger partial charge in [0.1, 0.15) is 0 Å². The van der Waals surface area contributed by atoms with Crippen molar-refractivity contribution < 1.29 is 4.74 Å². The molecule has 1 aliphatic heterocycles. The Bertz CT molecular complexity index is 50.1. The maximum atomic E-state index is 4.25. The molecule has 56 valence electrons. The van der Waals surface area contributed by atoms with Gasteiger partial charge in [0, 0.05) is 14.2 Å². The molecule has 1 saturated heterocycles. The Balaban J connectivity index is 0.000000187. The van der Waals surface area contributed by atoms with Gasteiger partial charge in [-0.15, -0.1) is 0 Å². The molecule has 0 N–H and O–H groups in total. The molecule has 0 aliphatic carbocycles. The third kappa shape index (κ3) is 4.43. The van der Waals surface area contributed by atoms with Gasteiger partial charge < -0.3 is 9.64 Å². The van der Waals surface area contributed by atoms with Gasteiger partial charge in [0.25, 0.3) is 0 Å². The largest absolute Gasteiger partial charge is 0.388 e. The molecule has 0 spiro atoms. The number of rotatable bonds is 1. The minimum atomic E-state index is 1.25. The summed E-state index contributed by atoms with van der Waals surface area (Å²) in [4.78, 5) is 2.43. The second kappa shape index (κ2) is 6.05.